The third-order valence-electron chi connectivity index (χ3n) is 4.22. The van der Waals surface area contributed by atoms with Gasteiger partial charge < -0.3 is 35.8 Å². The summed E-state index contributed by atoms with van der Waals surface area (Å²) in [6, 6.07) is 4.42. The Kier molecular flexibility index (Phi) is 7.02. The van der Waals surface area contributed by atoms with Crippen LogP contribution in [0.1, 0.15) is 33.8 Å². The van der Waals surface area contributed by atoms with Gasteiger partial charge in [-0.2, -0.15) is 0 Å². The summed E-state index contributed by atoms with van der Waals surface area (Å²) in [6.45, 7) is -0.441. The van der Waals surface area contributed by atoms with Crippen molar-refractivity contribution in [3.63, 3.8) is 0 Å². The number of hydrogen-bond acceptors (Lipinski definition) is 8. The average molecular weight is 419 g/mol. The lowest BCUT2D eigenvalue weighted by Gasteiger charge is -2.19. The lowest BCUT2D eigenvalue weighted by molar-refractivity contribution is -0.120. The third kappa shape index (κ3) is 4.87. The topological polar surface area (TPSA) is 184 Å². The van der Waals surface area contributed by atoms with Crippen molar-refractivity contribution in [2.24, 2.45) is 11.5 Å². The van der Waals surface area contributed by atoms with Gasteiger partial charge in [-0.05, 0) is 17.7 Å². The van der Waals surface area contributed by atoms with E-state index in [4.69, 9.17) is 20.9 Å². The van der Waals surface area contributed by atoms with Crippen molar-refractivity contribution in [2.75, 3.05) is 20.8 Å². The Bertz CT molecular complexity index is 1030. The molecular formula is C19H21N3O8. The summed E-state index contributed by atoms with van der Waals surface area (Å²) in [5, 5.41) is 10.6. The molecule has 1 heterocycles. The minimum absolute atomic E-state index is 0.114. The number of rotatable bonds is 9. The minimum Gasteiger partial charge on any atom is -0.506 e. The van der Waals surface area contributed by atoms with Gasteiger partial charge in [0.05, 0.1) is 19.8 Å². The Labute approximate surface area is 170 Å². The zero-order chi connectivity index (χ0) is 22.4. The molecule has 0 radical (unpaired) electrons. The minimum atomic E-state index is -1.04. The second-order valence-electron chi connectivity index (χ2n) is 6.17. The first kappa shape index (κ1) is 22.3. The quantitative estimate of drug-likeness (QED) is 0.401. The summed E-state index contributed by atoms with van der Waals surface area (Å²) >= 11 is 0. The van der Waals surface area contributed by atoms with Crippen LogP contribution in [0.4, 0.5) is 0 Å². The van der Waals surface area contributed by atoms with E-state index >= 15 is 0 Å². The van der Waals surface area contributed by atoms with E-state index in [1.165, 1.54) is 25.3 Å². The molecule has 0 aliphatic rings. The highest BCUT2D eigenvalue weighted by Gasteiger charge is 2.28. The lowest BCUT2D eigenvalue weighted by Crippen LogP contribution is -2.24. The van der Waals surface area contributed by atoms with E-state index in [0.717, 1.165) is 13.3 Å². The zero-order valence-corrected chi connectivity index (χ0v) is 16.3. The van der Waals surface area contributed by atoms with Crippen LogP contribution in [-0.2, 0) is 14.3 Å². The summed E-state index contributed by atoms with van der Waals surface area (Å²) in [4.78, 5) is 49.5. The maximum Gasteiger partial charge on any atom is 0.343 e. The maximum absolute atomic E-state index is 12.5. The van der Waals surface area contributed by atoms with Gasteiger partial charge in [0.25, 0.3) is 11.5 Å². The van der Waals surface area contributed by atoms with E-state index < -0.39 is 41.6 Å². The fraction of sp³-hybridized carbons (Fsp3) is 0.263. The largest absolute Gasteiger partial charge is 0.506 e. The van der Waals surface area contributed by atoms with E-state index in [9.17, 15) is 24.3 Å². The van der Waals surface area contributed by atoms with E-state index in [2.05, 4.69) is 9.72 Å². The van der Waals surface area contributed by atoms with Gasteiger partial charge in [0.2, 0.25) is 5.91 Å². The number of aromatic hydroxyl groups is 1. The number of nitrogens with two attached hydrogens (primary N) is 2. The van der Waals surface area contributed by atoms with Crippen LogP contribution < -0.4 is 26.5 Å². The molecule has 11 nitrogen and oxygen atoms in total. The number of primary amides is 2. The summed E-state index contributed by atoms with van der Waals surface area (Å²) in [6.07, 6.45) is 0.632. The van der Waals surface area contributed by atoms with Gasteiger partial charge in [-0.25, -0.2) is 4.79 Å². The number of amides is 2. The van der Waals surface area contributed by atoms with Gasteiger partial charge in [-0.3, -0.25) is 14.4 Å². The van der Waals surface area contributed by atoms with Crippen molar-refractivity contribution in [1.82, 2.24) is 4.98 Å². The normalized spacial score (nSPS) is 11.4. The van der Waals surface area contributed by atoms with E-state index in [1.807, 2.05) is 0 Å². The van der Waals surface area contributed by atoms with Crippen molar-refractivity contribution in [2.45, 2.75) is 12.3 Å². The van der Waals surface area contributed by atoms with Crippen LogP contribution in [0.3, 0.4) is 0 Å². The van der Waals surface area contributed by atoms with Crippen LogP contribution in [0.15, 0.2) is 29.2 Å². The molecule has 2 rings (SSSR count). The monoisotopic (exact) mass is 419 g/mol. The zero-order valence-electron chi connectivity index (χ0n) is 16.3. The molecule has 1 aromatic carbocycles. The molecule has 30 heavy (non-hydrogen) atoms. The molecule has 11 heteroatoms. The van der Waals surface area contributed by atoms with Gasteiger partial charge in [0, 0.05) is 18.5 Å². The van der Waals surface area contributed by atoms with Crippen molar-refractivity contribution in [1.29, 1.82) is 0 Å². The molecule has 1 aromatic heterocycles. The second kappa shape index (κ2) is 9.45. The van der Waals surface area contributed by atoms with Gasteiger partial charge >= 0.3 is 5.97 Å². The molecule has 0 saturated carbocycles. The summed E-state index contributed by atoms with van der Waals surface area (Å²) in [7, 11) is 2.49. The van der Waals surface area contributed by atoms with Gasteiger partial charge in [-0.1, -0.05) is 6.07 Å². The number of esters is 1. The summed E-state index contributed by atoms with van der Waals surface area (Å²) in [5.41, 5.74) is 9.48. The Morgan fingerprint density at radius 2 is 1.83 bits per heavy atom. The highest BCUT2D eigenvalue weighted by Crippen LogP contribution is 2.37. The van der Waals surface area contributed by atoms with Crippen LogP contribution in [0.2, 0.25) is 0 Å². The molecule has 0 saturated heterocycles. The third-order valence-corrected chi connectivity index (χ3v) is 4.22. The smallest absolute Gasteiger partial charge is 0.343 e. The first-order chi connectivity index (χ1) is 14.2. The number of methoxy groups -OCH3 is 2. The molecule has 0 aliphatic heterocycles. The predicted octanol–water partition coefficient (Wildman–Crippen LogP) is -0.253. The van der Waals surface area contributed by atoms with Crippen molar-refractivity contribution >= 4 is 17.8 Å². The summed E-state index contributed by atoms with van der Waals surface area (Å²) < 4.78 is 15.1. The molecule has 0 fully saturated rings. The van der Waals surface area contributed by atoms with E-state index in [-0.39, 0.29) is 29.0 Å². The molecule has 0 aliphatic carbocycles. The van der Waals surface area contributed by atoms with Crippen molar-refractivity contribution in [3.8, 4) is 17.2 Å². The molecule has 1 atom stereocenters. The van der Waals surface area contributed by atoms with Crippen LogP contribution in [0.5, 0.6) is 17.2 Å². The number of H-pyrrole nitrogens is 1. The number of hydrogen-bond donors (Lipinski definition) is 4. The lowest BCUT2D eigenvalue weighted by atomic mass is 9.87. The van der Waals surface area contributed by atoms with Gasteiger partial charge in [-0.15, -0.1) is 0 Å². The summed E-state index contributed by atoms with van der Waals surface area (Å²) in [5.74, 6) is -3.69. The van der Waals surface area contributed by atoms with Crippen LogP contribution in [-0.4, -0.2) is 48.7 Å². The van der Waals surface area contributed by atoms with Crippen LogP contribution in [0.25, 0.3) is 0 Å². The number of nitrogens with one attached hydrogen (secondary N) is 1. The number of carbonyl (C=O) groups excluding carboxylic acids is 3. The standard InChI is InChI=1S/C19H21N3O8/c1-28-12-4-3-9(5-13(12)30-8-15(21)24)10(6-14(20)23)16-17(25)11(19(27)29-2)7-22-18(16)26/h3-5,7,10H,6,8H2,1-2H3,(H2,20,23)(H2,21,24)(H2,22,25,26). The Morgan fingerprint density at radius 1 is 1.13 bits per heavy atom. The average Bonchev–Trinajstić information content (AvgIpc) is 2.70. The number of ether oxygens (including phenoxy) is 3. The Morgan fingerprint density at radius 3 is 2.40 bits per heavy atom. The first-order valence-electron chi connectivity index (χ1n) is 8.59. The molecule has 2 aromatic rings. The van der Waals surface area contributed by atoms with E-state index in [1.54, 1.807) is 0 Å². The molecule has 2 amide bonds. The fourth-order valence-corrected chi connectivity index (χ4v) is 2.88. The highest BCUT2D eigenvalue weighted by molar-refractivity contribution is 5.92. The molecule has 0 bridgehead atoms. The first-order valence-corrected chi connectivity index (χ1v) is 8.59. The fourth-order valence-electron chi connectivity index (χ4n) is 2.88. The molecule has 1 unspecified atom stereocenters. The number of benzene rings is 1. The molecule has 160 valence electrons. The van der Waals surface area contributed by atoms with E-state index in [0.29, 0.717) is 5.56 Å². The maximum atomic E-state index is 12.5. The van der Waals surface area contributed by atoms with Crippen molar-refractivity contribution < 1.29 is 33.7 Å². The molecular weight excluding hydrogens is 398 g/mol. The number of aromatic amines is 1. The van der Waals surface area contributed by atoms with Crippen LogP contribution >= 0.6 is 0 Å². The molecule has 0 spiro atoms. The predicted molar refractivity (Wildman–Crippen MR) is 103 cm³/mol. The Balaban J connectivity index is 2.66. The highest BCUT2D eigenvalue weighted by atomic mass is 16.5. The SMILES string of the molecule is COC(=O)c1c[nH]c(=O)c(C(CC(N)=O)c2ccc(OC)c(OCC(N)=O)c2)c1O. The number of pyridine rings is 1. The molecule has 6 N–H and O–H groups in total. The van der Waals surface area contributed by atoms with Gasteiger partial charge in [0.15, 0.2) is 18.1 Å². The Hall–Kier alpha value is -4.02. The number of aromatic nitrogens is 1. The van der Waals surface area contributed by atoms with Crippen molar-refractivity contribution in [3.05, 3.63) is 51.4 Å². The second-order valence-corrected chi connectivity index (χ2v) is 6.17. The number of carbonyl (C=O) groups is 3. The van der Waals surface area contributed by atoms with Gasteiger partial charge in [0.1, 0.15) is 11.3 Å². The van der Waals surface area contributed by atoms with Crippen LogP contribution in [0, 0.1) is 0 Å².